The van der Waals surface area contributed by atoms with E-state index in [0.717, 1.165) is 28.1 Å². The number of hydrogen-bond donors (Lipinski definition) is 0. The summed E-state index contributed by atoms with van der Waals surface area (Å²) in [7, 11) is 3.19. The maximum absolute atomic E-state index is 12.5. The van der Waals surface area contributed by atoms with E-state index >= 15 is 0 Å². The molecular weight excluding hydrogens is 290 g/mol. The van der Waals surface area contributed by atoms with Gasteiger partial charge in [-0.05, 0) is 42.7 Å². The smallest absolute Gasteiger partial charge is 0.251 e. The van der Waals surface area contributed by atoms with Gasteiger partial charge in [-0.2, -0.15) is 5.06 Å². The first-order chi connectivity index (χ1) is 11.0. The van der Waals surface area contributed by atoms with Crippen LogP contribution < -0.4 is 9.80 Å². The molecule has 0 spiro atoms. The van der Waals surface area contributed by atoms with Gasteiger partial charge in [0.2, 0.25) is 0 Å². The van der Waals surface area contributed by atoms with E-state index in [0.29, 0.717) is 6.42 Å². The predicted octanol–water partition coefficient (Wildman–Crippen LogP) is 3.74. The van der Waals surface area contributed by atoms with E-state index in [-0.39, 0.29) is 11.8 Å². The van der Waals surface area contributed by atoms with Crippen molar-refractivity contribution in [2.24, 2.45) is 0 Å². The summed E-state index contributed by atoms with van der Waals surface area (Å²) in [5.41, 5.74) is 5.29. The molecule has 4 nitrogen and oxygen atoms in total. The molecule has 1 aliphatic rings. The lowest BCUT2D eigenvalue weighted by atomic mass is 9.82. The van der Waals surface area contributed by atoms with Gasteiger partial charge in [-0.1, -0.05) is 29.8 Å². The Balaban J connectivity index is 2.18. The van der Waals surface area contributed by atoms with Crippen LogP contribution in [0.1, 0.15) is 34.6 Å². The van der Waals surface area contributed by atoms with Crippen LogP contribution in [-0.2, 0) is 9.63 Å². The van der Waals surface area contributed by atoms with Crippen LogP contribution in [0.4, 0.5) is 5.69 Å². The monoisotopic (exact) mass is 311 g/mol. The number of amides is 1. The number of anilines is 1. The first-order valence-corrected chi connectivity index (χ1v) is 7.67. The van der Waals surface area contributed by atoms with E-state index < -0.39 is 0 Å². The maximum Gasteiger partial charge on any atom is 0.251 e. The van der Waals surface area contributed by atoms with Gasteiger partial charge in [-0.15, -0.1) is 0 Å². The molecule has 0 N–H and O–H groups in total. The Morgan fingerprint density at radius 1 is 1.13 bits per heavy atom. The second kappa shape index (κ2) is 6.05. The Morgan fingerprint density at radius 3 is 2.61 bits per heavy atom. The van der Waals surface area contributed by atoms with Crippen LogP contribution in [0, 0.1) is 13.8 Å². The molecule has 0 unspecified atom stereocenters. The number of aryl methyl sites for hydroxylation is 2. The van der Waals surface area contributed by atoms with Crippen molar-refractivity contribution in [1.82, 2.24) is 0 Å². The summed E-state index contributed by atoms with van der Waals surface area (Å²) >= 11 is 0. The first kappa shape index (κ1) is 15.6. The van der Waals surface area contributed by atoms with Crippen LogP contribution in [0.15, 0.2) is 36.4 Å². The van der Waals surface area contributed by atoms with E-state index in [1.54, 1.807) is 7.11 Å². The van der Waals surface area contributed by atoms with Gasteiger partial charge in [0.25, 0.3) is 5.91 Å². The summed E-state index contributed by atoms with van der Waals surface area (Å²) in [6.07, 6.45) is 0.386. The summed E-state index contributed by atoms with van der Waals surface area (Å²) in [6, 6.07) is 12.1. The second-order valence-electron chi connectivity index (χ2n) is 5.92. The van der Waals surface area contributed by atoms with E-state index in [1.165, 1.54) is 17.7 Å². The number of methoxy groups -OCH3 is 1. The molecule has 23 heavy (non-hydrogen) atoms. The highest BCUT2D eigenvalue weighted by Crippen LogP contribution is 2.42. The van der Waals surface area contributed by atoms with E-state index in [4.69, 9.17) is 9.57 Å². The Bertz CT molecular complexity index is 754. The number of nitrogens with zero attached hydrogens (tertiary/aromatic N) is 1. The Morgan fingerprint density at radius 2 is 1.91 bits per heavy atom. The Hall–Kier alpha value is -2.33. The summed E-state index contributed by atoms with van der Waals surface area (Å²) in [4.78, 5) is 17.9. The topological polar surface area (TPSA) is 38.8 Å². The quantitative estimate of drug-likeness (QED) is 0.866. The number of carbonyl (C=O) groups is 1. The van der Waals surface area contributed by atoms with Gasteiger partial charge >= 0.3 is 0 Å². The minimum absolute atomic E-state index is 0.0117. The fraction of sp³-hybridized carbons (Fsp3) is 0.316. The molecule has 0 radical (unpaired) electrons. The van der Waals surface area contributed by atoms with Crippen molar-refractivity contribution in [2.75, 3.05) is 19.3 Å². The normalized spacial score (nSPS) is 17.1. The Kier molecular flexibility index (Phi) is 4.09. The third kappa shape index (κ3) is 2.70. The molecule has 3 rings (SSSR count). The number of ether oxygens (including phenoxy) is 1. The lowest BCUT2D eigenvalue weighted by molar-refractivity contribution is -0.125. The van der Waals surface area contributed by atoms with Crippen molar-refractivity contribution >= 4 is 11.6 Å². The molecule has 4 heteroatoms. The van der Waals surface area contributed by atoms with Crippen LogP contribution in [-0.4, -0.2) is 20.1 Å². The molecule has 1 heterocycles. The molecule has 0 aromatic heterocycles. The number of benzene rings is 2. The molecule has 2 aromatic rings. The fourth-order valence-corrected chi connectivity index (χ4v) is 3.38. The first-order valence-electron chi connectivity index (χ1n) is 7.67. The average Bonchev–Trinajstić information content (AvgIpc) is 2.54. The van der Waals surface area contributed by atoms with Crippen LogP contribution in [0.25, 0.3) is 0 Å². The van der Waals surface area contributed by atoms with Gasteiger partial charge in [0, 0.05) is 12.3 Å². The standard InChI is InChI=1S/C19H21NO3/c1-12-8-13(2)19-17(9-12)16(11-18(21)20(19)23-4)14-6-5-7-15(10-14)22-3/h5-10,16H,11H2,1-4H3/t16-/m1/s1. The fourth-order valence-electron chi connectivity index (χ4n) is 3.38. The number of hydrogen-bond acceptors (Lipinski definition) is 3. The van der Waals surface area contributed by atoms with Gasteiger partial charge in [0.1, 0.15) is 5.75 Å². The van der Waals surface area contributed by atoms with Crippen LogP contribution in [0.3, 0.4) is 0 Å². The van der Waals surface area contributed by atoms with Crippen LogP contribution in [0.2, 0.25) is 0 Å². The van der Waals surface area contributed by atoms with Crippen LogP contribution >= 0.6 is 0 Å². The summed E-state index contributed by atoms with van der Waals surface area (Å²) < 4.78 is 5.33. The highest BCUT2D eigenvalue weighted by atomic mass is 16.7. The van der Waals surface area contributed by atoms with E-state index in [9.17, 15) is 4.79 Å². The molecule has 1 amide bonds. The van der Waals surface area contributed by atoms with Gasteiger partial charge in [0.05, 0.1) is 19.9 Å². The number of carbonyl (C=O) groups excluding carboxylic acids is 1. The average molecular weight is 311 g/mol. The molecule has 0 bridgehead atoms. The van der Waals surface area contributed by atoms with Crippen molar-refractivity contribution in [2.45, 2.75) is 26.2 Å². The molecule has 0 aliphatic carbocycles. The number of fused-ring (bicyclic) bond motifs is 1. The third-order valence-electron chi connectivity index (χ3n) is 4.34. The zero-order valence-corrected chi connectivity index (χ0v) is 13.9. The van der Waals surface area contributed by atoms with Crippen molar-refractivity contribution in [3.05, 3.63) is 58.7 Å². The molecule has 0 saturated carbocycles. The highest BCUT2D eigenvalue weighted by Gasteiger charge is 2.34. The van der Waals surface area contributed by atoms with Crippen molar-refractivity contribution in [3.8, 4) is 5.75 Å². The Labute approximate surface area is 136 Å². The van der Waals surface area contributed by atoms with E-state index in [1.807, 2.05) is 31.2 Å². The SMILES string of the molecule is COc1cccc([C@H]2CC(=O)N(OC)c3c(C)cc(C)cc32)c1. The van der Waals surface area contributed by atoms with Gasteiger partial charge in [-0.3, -0.25) is 9.63 Å². The summed E-state index contributed by atoms with van der Waals surface area (Å²) in [5.74, 6) is 0.785. The predicted molar refractivity (Wildman–Crippen MR) is 89.9 cm³/mol. The number of rotatable bonds is 3. The largest absolute Gasteiger partial charge is 0.497 e. The van der Waals surface area contributed by atoms with Gasteiger partial charge in [0.15, 0.2) is 0 Å². The maximum atomic E-state index is 12.5. The highest BCUT2D eigenvalue weighted by molar-refractivity contribution is 5.97. The van der Waals surface area contributed by atoms with E-state index in [2.05, 4.69) is 19.1 Å². The van der Waals surface area contributed by atoms with Gasteiger partial charge < -0.3 is 4.74 Å². The second-order valence-corrected chi connectivity index (χ2v) is 5.92. The molecular formula is C19H21NO3. The lowest BCUT2D eigenvalue weighted by Crippen LogP contribution is -2.36. The van der Waals surface area contributed by atoms with Crippen LogP contribution in [0.5, 0.6) is 5.75 Å². The van der Waals surface area contributed by atoms with Gasteiger partial charge in [-0.25, -0.2) is 0 Å². The lowest BCUT2D eigenvalue weighted by Gasteiger charge is -2.34. The zero-order valence-electron chi connectivity index (χ0n) is 13.9. The zero-order chi connectivity index (χ0) is 16.6. The van der Waals surface area contributed by atoms with Crippen molar-refractivity contribution < 1.29 is 14.4 Å². The third-order valence-corrected chi connectivity index (χ3v) is 4.34. The summed E-state index contributed by atoms with van der Waals surface area (Å²) in [6.45, 7) is 4.09. The minimum Gasteiger partial charge on any atom is -0.497 e. The molecule has 120 valence electrons. The van der Waals surface area contributed by atoms with Crippen molar-refractivity contribution in [1.29, 1.82) is 0 Å². The molecule has 2 aromatic carbocycles. The number of hydroxylamine groups is 1. The molecule has 0 fully saturated rings. The summed E-state index contributed by atoms with van der Waals surface area (Å²) in [5, 5.41) is 1.42. The molecule has 1 atom stereocenters. The molecule has 0 saturated heterocycles. The van der Waals surface area contributed by atoms with Crippen molar-refractivity contribution in [3.63, 3.8) is 0 Å². The molecule has 1 aliphatic heterocycles. The minimum atomic E-state index is -0.0280.